The van der Waals surface area contributed by atoms with Crippen molar-refractivity contribution in [2.45, 2.75) is 13.8 Å². The summed E-state index contributed by atoms with van der Waals surface area (Å²) >= 11 is 0. The Balaban J connectivity index is 1.59. The van der Waals surface area contributed by atoms with Crippen molar-refractivity contribution in [3.8, 4) is 5.82 Å². The van der Waals surface area contributed by atoms with E-state index in [4.69, 9.17) is 10.6 Å². The highest BCUT2D eigenvalue weighted by Gasteiger charge is 2.06. The molecule has 0 unspecified atom stereocenters. The van der Waals surface area contributed by atoms with Gasteiger partial charge in [-0.25, -0.2) is 9.67 Å². The van der Waals surface area contributed by atoms with Crippen molar-refractivity contribution in [2.24, 2.45) is 10.9 Å². The highest BCUT2D eigenvalue weighted by atomic mass is 16.6. The highest BCUT2D eigenvalue weighted by molar-refractivity contribution is 5.96. The predicted octanol–water partition coefficient (Wildman–Crippen LogP) is 3.23. The van der Waals surface area contributed by atoms with E-state index in [2.05, 4.69) is 15.2 Å². The molecule has 1 aromatic carbocycles. The first-order valence-corrected chi connectivity index (χ1v) is 8.30. The van der Waals surface area contributed by atoms with E-state index in [-0.39, 0.29) is 5.84 Å². The zero-order valence-electron chi connectivity index (χ0n) is 14.8. The lowest BCUT2D eigenvalue weighted by Gasteiger charge is -2.05. The number of pyridine rings is 1. The standard InChI is InChI=1S/C20H21N5O/c1-15-13-16(2)25(23-15)19-11-10-18(14-22-19)20(21)24-26-12-6-9-17-7-4-3-5-8-17/h3-11,13-14H,12H2,1-2H3,(H2,21,24)/b9-6+. The minimum Gasteiger partial charge on any atom is -0.390 e. The fourth-order valence-electron chi connectivity index (χ4n) is 2.47. The molecule has 3 rings (SSSR count). The van der Waals surface area contributed by atoms with Crippen LogP contribution in [0, 0.1) is 13.8 Å². The van der Waals surface area contributed by atoms with E-state index in [0.29, 0.717) is 12.2 Å². The van der Waals surface area contributed by atoms with E-state index < -0.39 is 0 Å². The van der Waals surface area contributed by atoms with Crippen LogP contribution in [0.3, 0.4) is 0 Å². The number of oxime groups is 1. The van der Waals surface area contributed by atoms with Crippen LogP contribution in [-0.2, 0) is 4.84 Å². The maximum atomic E-state index is 5.95. The van der Waals surface area contributed by atoms with Gasteiger partial charge in [0.25, 0.3) is 0 Å². The molecule has 26 heavy (non-hydrogen) atoms. The van der Waals surface area contributed by atoms with Crippen LogP contribution in [0.2, 0.25) is 0 Å². The van der Waals surface area contributed by atoms with Crippen LogP contribution >= 0.6 is 0 Å². The smallest absolute Gasteiger partial charge is 0.171 e. The number of rotatable bonds is 6. The van der Waals surface area contributed by atoms with Crippen molar-refractivity contribution < 1.29 is 4.84 Å². The lowest BCUT2D eigenvalue weighted by molar-refractivity contribution is 0.175. The van der Waals surface area contributed by atoms with Gasteiger partial charge >= 0.3 is 0 Å². The highest BCUT2D eigenvalue weighted by Crippen LogP contribution is 2.10. The molecule has 6 heteroatoms. The molecule has 0 saturated heterocycles. The van der Waals surface area contributed by atoms with Crippen LogP contribution in [0.25, 0.3) is 11.9 Å². The molecule has 2 heterocycles. The summed E-state index contributed by atoms with van der Waals surface area (Å²) in [7, 11) is 0. The van der Waals surface area contributed by atoms with Gasteiger partial charge < -0.3 is 10.6 Å². The molecule has 0 fully saturated rings. The quantitative estimate of drug-likeness (QED) is 0.321. The predicted molar refractivity (Wildman–Crippen MR) is 103 cm³/mol. The molecule has 2 aromatic heterocycles. The van der Waals surface area contributed by atoms with Gasteiger partial charge in [0.05, 0.1) is 5.69 Å². The fourth-order valence-corrected chi connectivity index (χ4v) is 2.47. The first kappa shape index (κ1) is 17.4. The average Bonchev–Trinajstić information content (AvgIpc) is 3.00. The van der Waals surface area contributed by atoms with Crippen LogP contribution in [0.4, 0.5) is 0 Å². The molecule has 0 spiro atoms. The lowest BCUT2D eigenvalue weighted by atomic mass is 10.2. The number of aryl methyl sites for hydroxylation is 2. The lowest BCUT2D eigenvalue weighted by Crippen LogP contribution is -2.15. The van der Waals surface area contributed by atoms with Crippen LogP contribution in [0.15, 0.2) is 66.0 Å². The Labute approximate surface area is 152 Å². The number of hydrogen-bond donors (Lipinski definition) is 1. The van der Waals surface area contributed by atoms with Crippen LogP contribution in [0.5, 0.6) is 0 Å². The van der Waals surface area contributed by atoms with E-state index in [1.54, 1.807) is 10.9 Å². The van der Waals surface area contributed by atoms with Crippen LogP contribution in [0.1, 0.15) is 22.5 Å². The Kier molecular flexibility index (Phi) is 5.43. The third-order valence-corrected chi connectivity index (χ3v) is 3.71. The molecular weight excluding hydrogens is 326 g/mol. The van der Waals surface area contributed by atoms with Crippen molar-refractivity contribution in [1.29, 1.82) is 0 Å². The maximum Gasteiger partial charge on any atom is 0.171 e. The normalized spacial score (nSPS) is 11.8. The molecule has 0 saturated carbocycles. The van der Waals surface area contributed by atoms with E-state index in [1.165, 1.54) is 0 Å². The van der Waals surface area contributed by atoms with Crippen molar-refractivity contribution in [3.63, 3.8) is 0 Å². The fraction of sp³-hybridized carbons (Fsp3) is 0.150. The summed E-state index contributed by atoms with van der Waals surface area (Å²) in [6, 6.07) is 15.7. The number of amidine groups is 1. The third kappa shape index (κ3) is 4.36. The van der Waals surface area contributed by atoms with E-state index in [0.717, 1.165) is 22.8 Å². The second-order valence-corrected chi connectivity index (χ2v) is 5.83. The number of benzene rings is 1. The molecule has 0 amide bonds. The summed E-state index contributed by atoms with van der Waals surface area (Å²) < 4.78 is 1.79. The van der Waals surface area contributed by atoms with E-state index >= 15 is 0 Å². The topological polar surface area (TPSA) is 78.3 Å². The molecule has 2 N–H and O–H groups in total. The summed E-state index contributed by atoms with van der Waals surface area (Å²) in [6.45, 7) is 4.28. The van der Waals surface area contributed by atoms with Gasteiger partial charge in [-0.3, -0.25) is 0 Å². The molecule has 0 aliphatic heterocycles. The Hall–Kier alpha value is -3.41. The van der Waals surface area contributed by atoms with Gasteiger partial charge in [-0.15, -0.1) is 0 Å². The SMILES string of the molecule is Cc1cc(C)n(-c2ccc(/C(N)=N/OC/C=C/c3ccccc3)cn2)n1. The van der Waals surface area contributed by atoms with Gasteiger partial charge in [-0.2, -0.15) is 5.10 Å². The largest absolute Gasteiger partial charge is 0.390 e. The van der Waals surface area contributed by atoms with Gasteiger partial charge in [-0.05, 0) is 43.7 Å². The number of nitrogens with two attached hydrogens (primary N) is 1. The molecule has 0 atom stereocenters. The van der Waals surface area contributed by atoms with Crippen molar-refractivity contribution in [2.75, 3.05) is 6.61 Å². The summed E-state index contributed by atoms with van der Waals surface area (Å²) in [4.78, 5) is 9.64. The maximum absolute atomic E-state index is 5.95. The zero-order chi connectivity index (χ0) is 18.4. The van der Waals surface area contributed by atoms with E-state index in [1.807, 2.05) is 74.5 Å². The van der Waals surface area contributed by atoms with Crippen molar-refractivity contribution in [3.05, 3.63) is 83.3 Å². The monoisotopic (exact) mass is 347 g/mol. The Morgan fingerprint density at radius 3 is 2.65 bits per heavy atom. The molecular formula is C20H21N5O. The van der Waals surface area contributed by atoms with Gasteiger partial charge in [-0.1, -0.05) is 41.6 Å². The minimum absolute atomic E-state index is 0.283. The van der Waals surface area contributed by atoms with Crippen molar-refractivity contribution in [1.82, 2.24) is 14.8 Å². The molecule has 3 aromatic rings. The van der Waals surface area contributed by atoms with E-state index in [9.17, 15) is 0 Å². The number of nitrogens with zero attached hydrogens (tertiary/aromatic N) is 4. The Morgan fingerprint density at radius 2 is 2.00 bits per heavy atom. The van der Waals surface area contributed by atoms with Gasteiger partial charge in [0.2, 0.25) is 0 Å². The number of hydrogen-bond acceptors (Lipinski definition) is 4. The minimum atomic E-state index is 0.283. The molecule has 6 nitrogen and oxygen atoms in total. The molecule has 0 aliphatic rings. The summed E-state index contributed by atoms with van der Waals surface area (Å²) in [5.74, 6) is 1.02. The Bertz CT molecular complexity index is 911. The summed E-state index contributed by atoms with van der Waals surface area (Å²) in [5.41, 5.74) is 9.73. The van der Waals surface area contributed by atoms with Crippen LogP contribution in [-0.4, -0.2) is 27.2 Å². The third-order valence-electron chi connectivity index (χ3n) is 3.71. The van der Waals surface area contributed by atoms with Gasteiger partial charge in [0, 0.05) is 17.5 Å². The van der Waals surface area contributed by atoms with Gasteiger partial charge in [0.15, 0.2) is 11.7 Å². The van der Waals surface area contributed by atoms with Crippen LogP contribution < -0.4 is 5.73 Å². The summed E-state index contributed by atoms with van der Waals surface area (Å²) in [6.07, 6.45) is 5.51. The zero-order valence-corrected chi connectivity index (χ0v) is 14.8. The number of aromatic nitrogens is 3. The molecule has 0 radical (unpaired) electrons. The Morgan fingerprint density at radius 1 is 1.19 bits per heavy atom. The average molecular weight is 347 g/mol. The first-order chi connectivity index (χ1) is 12.6. The van der Waals surface area contributed by atoms with Gasteiger partial charge in [0.1, 0.15) is 6.61 Å². The molecule has 0 bridgehead atoms. The molecule has 132 valence electrons. The second-order valence-electron chi connectivity index (χ2n) is 5.83. The van der Waals surface area contributed by atoms with Crippen molar-refractivity contribution >= 4 is 11.9 Å². The first-order valence-electron chi connectivity index (χ1n) is 8.30. The summed E-state index contributed by atoms with van der Waals surface area (Å²) in [5, 5.41) is 8.34. The second kappa shape index (κ2) is 8.11. The molecule has 0 aliphatic carbocycles.